The lowest BCUT2D eigenvalue weighted by molar-refractivity contribution is -0.607. The molecule has 188 valence electrons. The summed E-state index contributed by atoms with van der Waals surface area (Å²) in [5.41, 5.74) is 0.158. The number of pyridine rings is 1. The zero-order valence-electron chi connectivity index (χ0n) is 19.7. The fourth-order valence-corrected chi connectivity index (χ4v) is 6.98. The number of rotatable bonds is 6. The van der Waals surface area contributed by atoms with Gasteiger partial charge >= 0.3 is 0 Å². The normalized spacial score (nSPS) is 21.7. The number of aromatic nitrogens is 1. The van der Waals surface area contributed by atoms with E-state index in [1.807, 2.05) is 20.8 Å². The molecule has 2 amide bonds. The molecule has 3 unspecified atom stereocenters. The number of sulfonamides is 1. The van der Waals surface area contributed by atoms with Gasteiger partial charge in [-0.05, 0) is 35.8 Å². The van der Waals surface area contributed by atoms with E-state index < -0.39 is 34.1 Å². The molecule has 4 heterocycles. The van der Waals surface area contributed by atoms with E-state index in [1.165, 1.54) is 34.6 Å². The van der Waals surface area contributed by atoms with Crippen LogP contribution in [0.25, 0.3) is 0 Å². The van der Waals surface area contributed by atoms with Crippen LogP contribution in [-0.4, -0.2) is 66.4 Å². The van der Waals surface area contributed by atoms with Crippen molar-refractivity contribution in [3.63, 3.8) is 0 Å². The third-order valence-corrected chi connectivity index (χ3v) is 8.76. The molecule has 2 aliphatic rings. The Hall–Kier alpha value is -2.83. The van der Waals surface area contributed by atoms with Crippen molar-refractivity contribution in [2.75, 3.05) is 13.1 Å². The number of fused-ring (bicyclic) bond motifs is 1. The van der Waals surface area contributed by atoms with Crippen LogP contribution in [0, 0.1) is 10.6 Å². The molecule has 0 aliphatic carbocycles. The SMILES string of the molecule is CC(C)(C)CC(NC(=O)c1ccsc1)C(=O)N1CCC2C1C(=O)CN2S(=O)(=O)c1ccc[n+]([O-])c1. The van der Waals surface area contributed by atoms with Crippen LogP contribution in [0.15, 0.2) is 46.2 Å². The molecule has 0 spiro atoms. The van der Waals surface area contributed by atoms with Crippen LogP contribution in [0.2, 0.25) is 0 Å². The molecule has 0 radical (unpaired) electrons. The van der Waals surface area contributed by atoms with Gasteiger partial charge in [-0.2, -0.15) is 20.4 Å². The average molecular weight is 521 g/mol. The molecular formula is C23H28N4O6S2. The Labute approximate surface area is 208 Å². The number of hydrogen-bond donors (Lipinski definition) is 1. The summed E-state index contributed by atoms with van der Waals surface area (Å²) in [6.45, 7) is 5.67. The molecule has 0 aromatic carbocycles. The van der Waals surface area contributed by atoms with Crippen molar-refractivity contribution in [3.8, 4) is 0 Å². The first-order valence-corrected chi connectivity index (χ1v) is 13.6. The van der Waals surface area contributed by atoms with Crippen molar-refractivity contribution in [1.82, 2.24) is 14.5 Å². The molecule has 12 heteroatoms. The fraction of sp³-hybridized carbons (Fsp3) is 0.478. The number of carbonyl (C=O) groups is 3. The Bertz CT molecular complexity index is 1240. The number of hydrogen-bond acceptors (Lipinski definition) is 7. The van der Waals surface area contributed by atoms with E-state index in [2.05, 4.69) is 5.32 Å². The fourth-order valence-electron chi connectivity index (χ4n) is 4.71. The molecule has 10 nitrogen and oxygen atoms in total. The van der Waals surface area contributed by atoms with Gasteiger partial charge < -0.3 is 15.4 Å². The average Bonchev–Trinajstić information content (AvgIpc) is 3.51. The second-order valence-electron chi connectivity index (χ2n) is 10.1. The van der Waals surface area contributed by atoms with Gasteiger partial charge in [0.15, 0.2) is 18.2 Å². The van der Waals surface area contributed by atoms with Crippen molar-refractivity contribution >= 4 is 39.0 Å². The highest BCUT2D eigenvalue weighted by molar-refractivity contribution is 7.89. The molecule has 2 aromatic heterocycles. The minimum atomic E-state index is -4.11. The van der Waals surface area contributed by atoms with Crippen LogP contribution in [0.4, 0.5) is 0 Å². The van der Waals surface area contributed by atoms with Crippen LogP contribution in [0.3, 0.4) is 0 Å². The van der Waals surface area contributed by atoms with Crippen LogP contribution < -0.4 is 10.0 Å². The van der Waals surface area contributed by atoms with Gasteiger partial charge in [-0.1, -0.05) is 20.8 Å². The number of likely N-dealkylation sites (tertiary alicyclic amines) is 1. The second kappa shape index (κ2) is 9.32. The van der Waals surface area contributed by atoms with E-state index in [9.17, 15) is 28.0 Å². The van der Waals surface area contributed by atoms with E-state index in [1.54, 1.807) is 16.8 Å². The molecular weight excluding hydrogens is 492 g/mol. The topological polar surface area (TPSA) is 131 Å². The summed E-state index contributed by atoms with van der Waals surface area (Å²) in [6.07, 6.45) is 2.75. The summed E-state index contributed by atoms with van der Waals surface area (Å²) < 4.78 is 27.9. The summed E-state index contributed by atoms with van der Waals surface area (Å²) in [7, 11) is -4.11. The largest absolute Gasteiger partial charge is 0.619 e. The van der Waals surface area contributed by atoms with Gasteiger partial charge in [0.05, 0.1) is 18.2 Å². The quantitative estimate of drug-likeness (QED) is 0.449. The second-order valence-corrected chi connectivity index (χ2v) is 12.7. The van der Waals surface area contributed by atoms with Gasteiger partial charge in [0.2, 0.25) is 15.9 Å². The van der Waals surface area contributed by atoms with Gasteiger partial charge in [0.1, 0.15) is 17.0 Å². The number of Topliss-reactive ketones (excluding diaryl/α,β-unsaturated/α-hetero) is 1. The molecule has 4 rings (SSSR count). The van der Waals surface area contributed by atoms with Crippen molar-refractivity contribution < 1.29 is 27.5 Å². The number of carbonyl (C=O) groups excluding carboxylic acids is 3. The van der Waals surface area contributed by atoms with Crippen LogP contribution in [0.5, 0.6) is 0 Å². The van der Waals surface area contributed by atoms with Crippen molar-refractivity contribution in [1.29, 1.82) is 0 Å². The lowest BCUT2D eigenvalue weighted by Gasteiger charge is -2.31. The van der Waals surface area contributed by atoms with Crippen molar-refractivity contribution in [2.45, 2.75) is 56.6 Å². The molecule has 2 aliphatic heterocycles. The summed E-state index contributed by atoms with van der Waals surface area (Å²) >= 11 is 1.37. The van der Waals surface area contributed by atoms with E-state index in [-0.39, 0.29) is 41.5 Å². The first-order chi connectivity index (χ1) is 16.4. The third-order valence-electron chi connectivity index (χ3n) is 6.22. The van der Waals surface area contributed by atoms with E-state index in [0.717, 1.165) is 10.5 Å². The third kappa shape index (κ3) is 5.09. The zero-order valence-corrected chi connectivity index (χ0v) is 21.3. The van der Waals surface area contributed by atoms with Gasteiger partial charge in [-0.3, -0.25) is 14.4 Å². The molecule has 0 bridgehead atoms. The molecule has 0 saturated carbocycles. The van der Waals surface area contributed by atoms with Crippen molar-refractivity contribution in [2.24, 2.45) is 5.41 Å². The Morgan fingerprint density at radius 2 is 2.06 bits per heavy atom. The molecule has 35 heavy (non-hydrogen) atoms. The van der Waals surface area contributed by atoms with Gasteiger partial charge in [-0.25, -0.2) is 8.42 Å². The number of thiophene rings is 1. The zero-order chi connectivity index (χ0) is 25.5. The highest BCUT2D eigenvalue weighted by Crippen LogP contribution is 2.35. The van der Waals surface area contributed by atoms with E-state index in [0.29, 0.717) is 16.7 Å². The lowest BCUT2D eigenvalue weighted by Crippen LogP contribution is -2.53. The monoisotopic (exact) mass is 520 g/mol. The van der Waals surface area contributed by atoms with Crippen LogP contribution >= 0.6 is 11.3 Å². The smallest absolute Gasteiger partial charge is 0.252 e. The van der Waals surface area contributed by atoms with Gasteiger partial charge in [0, 0.05) is 18.0 Å². The van der Waals surface area contributed by atoms with Crippen molar-refractivity contribution in [3.05, 3.63) is 52.1 Å². The van der Waals surface area contributed by atoms with Crippen LogP contribution in [-0.2, 0) is 19.6 Å². The highest BCUT2D eigenvalue weighted by atomic mass is 32.2. The first kappa shape index (κ1) is 25.3. The first-order valence-electron chi connectivity index (χ1n) is 11.3. The molecule has 2 aromatic rings. The van der Waals surface area contributed by atoms with Crippen LogP contribution in [0.1, 0.15) is 44.0 Å². The Kier molecular flexibility index (Phi) is 6.73. The lowest BCUT2D eigenvalue weighted by atomic mass is 9.87. The minimum absolute atomic E-state index is 0.192. The van der Waals surface area contributed by atoms with Gasteiger partial charge in [-0.15, -0.1) is 0 Å². The molecule has 2 saturated heterocycles. The van der Waals surface area contributed by atoms with E-state index in [4.69, 9.17) is 0 Å². The summed E-state index contributed by atoms with van der Waals surface area (Å²) in [4.78, 5) is 40.6. The predicted molar refractivity (Wildman–Crippen MR) is 128 cm³/mol. The Morgan fingerprint density at radius 1 is 1.31 bits per heavy atom. The molecule has 2 fully saturated rings. The maximum Gasteiger partial charge on any atom is 0.252 e. The summed E-state index contributed by atoms with van der Waals surface area (Å²) in [6, 6.07) is 1.78. The standard InChI is InChI=1S/C23H28N4O6S2/c1-23(2,3)11-17(24-21(29)15-7-10-34-14-15)22(30)26-9-6-18-20(26)19(28)13-27(18)35(32,33)16-5-4-8-25(31)12-16/h4-5,7-8,10,12,14,17-18,20H,6,9,11,13H2,1-3H3,(H,24,29). The minimum Gasteiger partial charge on any atom is -0.619 e. The summed E-state index contributed by atoms with van der Waals surface area (Å²) in [5, 5.41) is 17.9. The number of nitrogens with one attached hydrogen (secondary N) is 1. The maximum atomic E-state index is 13.6. The predicted octanol–water partition coefficient (Wildman–Crippen LogP) is 1.16. The van der Waals surface area contributed by atoms with E-state index >= 15 is 0 Å². The molecule has 1 N–H and O–H groups in total. The summed E-state index contributed by atoms with van der Waals surface area (Å²) in [5.74, 6) is -1.16. The number of amides is 2. The number of nitrogens with zero attached hydrogens (tertiary/aromatic N) is 3. The maximum absolute atomic E-state index is 13.6. The van der Waals surface area contributed by atoms with Gasteiger partial charge in [0.25, 0.3) is 5.91 Å². The molecule has 3 atom stereocenters. The number of ketones is 1. The highest BCUT2D eigenvalue weighted by Gasteiger charge is 2.54. The Morgan fingerprint density at radius 3 is 2.69 bits per heavy atom. The Balaban J connectivity index is 1.58.